The second kappa shape index (κ2) is 10.4. The summed E-state index contributed by atoms with van der Waals surface area (Å²) in [6.45, 7) is 4.80. The van der Waals surface area contributed by atoms with E-state index >= 15 is 0 Å². The third kappa shape index (κ3) is 5.78. The predicted molar refractivity (Wildman–Crippen MR) is 124 cm³/mol. The summed E-state index contributed by atoms with van der Waals surface area (Å²) < 4.78 is 0. The number of aromatic nitrogens is 1. The molecule has 0 spiro atoms. The molecule has 2 aromatic carbocycles. The van der Waals surface area contributed by atoms with Gasteiger partial charge in [-0.25, -0.2) is 4.98 Å². The van der Waals surface area contributed by atoms with Crippen molar-refractivity contribution in [3.05, 3.63) is 81.8 Å². The number of benzene rings is 2. The summed E-state index contributed by atoms with van der Waals surface area (Å²) in [5, 5.41) is 6.40. The Morgan fingerprint density at radius 1 is 1.21 bits per heavy atom. The lowest BCUT2D eigenvalue weighted by molar-refractivity contribution is 0.0950. The summed E-state index contributed by atoms with van der Waals surface area (Å²) in [7, 11) is 0. The van der Waals surface area contributed by atoms with Crippen molar-refractivity contribution in [2.24, 2.45) is 0 Å². The molecule has 1 aromatic heterocycles. The molecule has 0 aliphatic rings. The summed E-state index contributed by atoms with van der Waals surface area (Å²) in [6, 6.07) is 15.9. The molecule has 0 fully saturated rings. The Labute approximate surface area is 181 Å². The number of aryl methyl sites for hydroxylation is 1. The third-order valence-electron chi connectivity index (χ3n) is 4.66. The molecule has 0 aliphatic heterocycles. The average molecular weight is 425 g/mol. The Kier molecular flexibility index (Phi) is 7.62. The van der Waals surface area contributed by atoms with Crippen molar-refractivity contribution in [1.82, 2.24) is 10.3 Å². The quantitative estimate of drug-likeness (QED) is 0.433. The van der Waals surface area contributed by atoms with E-state index < -0.39 is 0 Å². The SMILES string of the molecule is CCCC=C(CCNC(=O)c1csc(-c2ccccc2)n1)c1cc(Cl)ccc1C. The fourth-order valence-electron chi connectivity index (χ4n) is 3.10. The van der Waals surface area contributed by atoms with Gasteiger partial charge in [-0.3, -0.25) is 4.79 Å². The first kappa shape index (κ1) is 21.3. The molecule has 0 radical (unpaired) electrons. The van der Waals surface area contributed by atoms with Gasteiger partial charge in [0.2, 0.25) is 0 Å². The molecule has 0 atom stereocenters. The van der Waals surface area contributed by atoms with Crippen LogP contribution in [0.25, 0.3) is 16.1 Å². The molecule has 3 rings (SSSR count). The van der Waals surface area contributed by atoms with Crippen molar-refractivity contribution in [3.8, 4) is 10.6 Å². The molecule has 1 heterocycles. The van der Waals surface area contributed by atoms with Crippen molar-refractivity contribution >= 4 is 34.4 Å². The van der Waals surface area contributed by atoms with Gasteiger partial charge < -0.3 is 5.32 Å². The number of hydrogen-bond acceptors (Lipinski definition) is 3. The molecule has 0 aliphatic carbocycles. The number of halogens is 1. The van der Waals surface area contributed by atoms with E-state index in [4.69, 9.17) is 11.6 Å². The lowest BCUT2D eigenvalue weighted by atomic mass is 9.96. The highest BCUT2D eigenvalue weighted by atomic mass is 35.5. The highest BCUT2D eigenvalue weighted by molar-refractivity contribution is 7.13. The van der Waals surface area contributed by atoms with E-state index in [9.17, 15) is 4.79 Å². The standard InChI is InChI=1S/C24H25ClN2OS/c1-3-4-8-18(21-15-20(25)12-11-17(21)2)13-14-26-23(28)22-16-29-24(27-22)19-9-6-5-7-10-19/h5-12,15-16H,3-4,13-14H2,1-2H3,(H,26,28). The molecular weight excluding hydrogens is 400 g/mol. The van der Waals surface area contributed by atoms with Crippen LogP contribution in [0, 0.1) is 6.92 Å². The molecule has 0 unspecified atom stereocenters. The van der Waals surface area contributed by atoms with E-state index in [2.05, 4.69) is 30.2 Å². The van der Waals surface area contributed by atoms with Crippen LogP contribution < -0.4 is 5.32 Å². The van der Waals surface area contributed by atoms with Crippen molar-refractivity contribution in [2.75, 3.05) is 6.54 Å². The molecule has 5 heteroatoms. The smallest absolute Gasteiger partial charge is 0.270 e. The number of allylic oxidation sites excluding steroid dienone is 1. The Morgan fingerprint density at radius 2 is 2.00 bits per heavy atom. The van der Waals surface area contributed by atoms with Crippen LogP contribution in [-0.4, -0.2) is 17.4 Å². The first-order valence-corrected chi connectivity index (χ1v) is 11.1. The maximum absolute atomic E-state index is 12.5. The van der Waals surface area contributed by atoms with Crippen LogP contribution in [0.3, 0.4) is 0 Å². The zero-order valence-corrected chi connectivity index (χ0v) is 18.3. The van der Waals surface area contributed by atoms with Gasteiger partial charge in [-0.2, -0.15) is 0 Å². The Hall–Kier alpha value is -2.43. The summed E-state index contributed by atoms with van der Waals surface area (Å²) in [5.74, 6) is -0.138. The van der Waals surface area contributed by atoms with Crippen LogP contribution in [-0.2, 0) is 0 Å². The molecule has 1 N–H and O–H groups in total. The van der Waals surface area contributed by atoms with E-state index in [-0.39, 0.29) is 5.91 Å². The lowest BCUT2D eigenvalue weighted by Crippen LogP contribution is -2.25. The zero-order chi connectivity index (χ0) is 20.6. The minimum Gasteiger partial charge on any atom is -0.350 e. The molecule has 29 heavy (non-hydrogen) atoms. The van der Waals surface area contributed by atoms with Gasteiger partial charge in [-0.1, -0.05) is 67.4 Å². The Morgan fingerprint density at radius 3 is 2.76 bits per heavy atom. The monoisotopic (exact) mass is 424 g/mol. The van der Waals surface area contributed by atoms with E-state index in [1.165, 1.54) is 22.5 Å². The first-order chi connectivity index (χ1) is 14.1. The second-order valence-electron chi connectivity index (χ2n) is 6.89. The molecule has 0 saturated heterocycles. The van der Waals surface area contributed by atoms with Crippen molar-refractivity contribution < 1.29 is 4.79 Å². The number of thiazole rings is 1. The van der Waals surface area contributed by atoms with Gasteiger partial charge in [0, 0.05) is 22.5 Å². The van der Waals surface area contributed by atoms with E-state index in [1.54, 1.807) is 0 Å². The maximum Gasteiger partial charge on any atom is 0.270 e. The number of unbranched alkanes of at least 4 members (excludes halogenated alkanes) is 1. The summed E-state index contributed by atoms with van der Waals surface area (Å²) in [6.07, 6.45) is 5.09. The number of nitrogens with zero attached hydrogens (tertiary/aromatic N) is 1. The fourth-order valence-corrected chi connectivity index (χ4v) is 4.08. The Bertz CT molecular complexity index is 995. The zero-order valence-electron chi connectivity index (χ0n) is 16.7. The average Bonchev–Trinajstić information content (AvgIpc) is 3.23. The van der Waals surface area contributed by atoms with Crippen molar-refractivity contribution in [1.29, 1.82) is 0 Å². The summed E-state index contributed by atoms with van der Waals surface area (Å²) in [5.41, 5.74) is 5.05. The van der Waals surface area contributed by atoms with E-state index in [1.807, 2.05) is 53.9 Å². The Balaban J connectivity index is 1.64. The molecule has 0 bridgehead atoms. The molecular formula is C24H25ClN2OS. The van der Waals surface area contributed by atoms with E-state index in [0.717, 1.165) is 40.4 Å². The highest BCUT2D eigenvalue weighted by Gasteiger charge is 2.12. The van der Waals surface area contributed by atoms with Crippen LogP contribution in [0.1, 0.15) is 47.8 Å². The van der Waals surface area contributed by atoms with Crippen molar-refractivity contribution in [3.63, 3.8) is 0 Å². The largest absolute Gasteiger partial charge is 0.350 e. The summed E-state index contributed by atoms with van der Waals surface area (Å²) >= 11 is 7.69. The van der Waals surface area contributed by atoms with E-state index in [0.29, 0.717) is 12.2 Å². The number of carbonyl (C=O) groups excluding carboxylic acids is 1. The number of hydrogen-bond donors (Lipinski definition) is 1. The lowest BCUT2D eigenvalue weighted by Gasteiger charge is -2.12. The summed E-state index contributed by atoms with van der Waals surface area (Å²) in [4.78, 5) is 17.0. The molecule has 1 amide bonds. The first-order valence-electron chi connectivity index (χ1n) is 9.83. The fraction of sp³-hybridized carbons (Fsp3) is 0.250. The van der Waals surface area contributed by atoms with Crippen LogP contribution in [0.5, 0.6) is 0 Å². The minimum atomic E-state index is -0.138. The number of carbonyl (C=O) groups is 1. The molecule has 3 nitrogen and oxygen atoms in total. The third-order valence-corrected chi connectivity index (χ3v) is 5.79. The highest BCUT2D eigenvalue weighted by Crippen LogP contribution is 2.26. The molecule has 3 aromatic rings. The van der Waals surface area contributed by atoms with Gasteiger partial charge in [0.1, 0.15) is 10.7 Å². The van der Waals surface area contributed by atoms with Gasteiger partial charge in [0.15, 0.2) is 0 Å². The van der Waals surface area contributed by atoms with Crippen LogP contribution in [0.4, 0.5) is 0 Å². The topological polar surface area (TPSA) is 42.0 Å². The normalized spacial score (nSPS) is 11.5. The van der Waals surface area contributed by atoms with Gasteiger partial charge in [-0.05, 0) is 48.6 Å². The van der Waals surface area contributed by atoms with Gasteiger partial charge in [0.05, 0.1) is 0 Å². The number of amides is 1. The maximum atomic E-state index is 12.5. The molecule has 0 saturated carbocycles. The van der Waals surface area contributed by atoms with Gasteiger partial charge in [-0.15, -0.1) is 11.3 Å². The second-order valence-corrected chi connectivity index (χ2v) is 8.18. The van der Waals surface area contributed by atoms with Crippen LogP contribution in [0.2, 0.25) is 5.02 Å². The molecule has 150 valence electrons. The van der Waals surface area contributed by atoms with Crippen molar-refractivity contribution in [2.45, 2.75) is 33.1 Å². The predicted octanol–water partition coefficient (Wildman–Crippen LogP) is 6.78. The van der Waals surface area contributed by atoms with Crippen LogP contribution in [0.15, 0.2) is 60.0 Å². The minimum absolute atomic E-state index is 0.138. The van der Waals surface area contributed by atoms with Gasteiger partial charge in [0.25, 0.3) is 5.91 Å². The number of nitrogens with one attached hydrogen (secondary N) is 1. The van der Waals surface area contributed by atoms with Gasteiger partial charge >= 0.3 is 0 Å². The van der Waals surface area contributed by atoms with Crippen LogP contribution >= 0.6 is 22.9 Å². The number of rotatable bonds is 8.